The molecule has 1 aliphatic rings. The highest BCUT2D eigenvalue weighted by atomic mass is 32.2. The fourth-order valence-electron chi connectivity index (χ4n) is 3.20. The Morgan fingerprint density at radius 2 is 1.96 bits per heavy atom. The van der Waals surface area contributed by atoms with Crippen molar-refractivity contribution in [2.75, 3.05) is 5.75 Å². The van der Waals surface area contributed by atoms with E-state index in [4.69, 9.17) is 0 Å². The lowest BCUT2D eigenvalue weighted by Gasteiger charge is -2.29. The summed E-state index contributed by atoms with van der Waals surface area (Å²) in [4.78, 5) is 30.2. The highest BCUT2D eigenvalue weighted by Gasteiger charge is 2.38. The summed E-state index contributed by atoms with van der Waals surface area (Å²) < 4.78 is 0. The third-order valence-electron chi connectivity index (χ3n) is 4.45. The third kappa shape index (κ3) is 4.10. The molecule has 0 radical (unpaired) electrons. The van der Waals surface area contributed by atoms with Crippen LogP contribution in [0.25, 0.3) is 0 Å². The smallest absolute Gasteiger partial charge is 0.173 e. The van der Waals surface area contributed by atoms with Gasteiger partial charge >= 0.3 is 0 Å². The molecule has 4 nitrogen and oxygen atoms in total. The Morgan fingerprint density at radius 3 is 2.56 bits per heavy atom. The Bertz CT molecular complexity index is 954. The summed E-state index contributed by atoms with van der Waals surface area (Å²) >= 11 is 2.79. The number of nitriles is 1. The molecule has 6 heteroatoms. The van der Waals surface area contributed by atoms with Crippen LogP contribution in [0.1, 0.15) is 35.0 Å². The molecule has 0 amide bonds. The van der Waals surface area contributed by atoms with Gasteiger partial charge in [0.15, 0.2) is 5.78 Å². The number of allylic oxidation sites excluding steroid dienone is 1. The van der Waals surface area contributed by atoms with E-state index in [2.05, 4.69) is 11.1 Å². The molecule has 0 N–H and O–H groups in total. The van der Waals surface area contributed by atoms with E-state index in [1.54, 1.807) is 12.1 Å². The second-order valence-corrected chi connectivity index (χ2v) is 8.19. The molecular formula is C21H18N2O2S2. The maximum absolute atomic E-state index is 12.4. The van der Waals surface area contributed by atoms with Crippen molar-refractivity contribution in [3.8, 4) is 6.07 Å². The van der Waals surface area contributed by atoms with Crippen LogP contribution >= 0.6 is 23.1 Å². The van der Waals surface area contributed by atoms with Crippen LogP contribution in [0.3, 0.4) is 0 Å². The molecular weight excluding hydrogens is 376 g/mol. The van der Waals surface area contributed by atoms with Crippen molar-refractivity contribution < 1.29 is 9.59 Å². The predicted molar refractivity (Wildman–Crippen MR) is 110 cm³/mol. The van der Waals surface area contributed by atoms with Gasteiger partial charge in [-0.25, -0.2) is 4.99 Å². The maximum atomic E-state index is 12.4. The number of rotatable bonds is 6. The standard InChI is InChI=1S/C21H18N2O2S2/c1-13-19(14(2)24)20(18-9-6-10-26-18)16(11-22)21(23-13)27-12-17(25)15-7-4-3-5-8-15/h3-10,19-20H,12H2,1-2H3/t19?,20-/m1/s1. The van der Waals surface area contributed by atoms with Crippen molar-refractivity contribution in [2.24, 2.45) is 10.9 Å². The molecule has 3 rings (SSSR count). The summed E-state index contributed by atoms with van der Waals surface area (Å²) in [5.74, 6) is -0.596. The number of carbonyl (C=O) groups is 2. The molecule has 0 bridgehead atoms. The monoisotopic (exact) mass is 394 g/mol. The number of thiophene rings is 1. The molecule has 0 fully saturated rings. The lowest BCUT2D eigenvalue weighted by Crippen LogP contribution is -2.31. The van der Waals surface area contributed by atoms with E-state index >= 15 is 0 Å². The number of benzene rings is 1. The molecule has 2 aromatic rings. The summed E-state index contributed by atoms with van der Waals surface area (Å²) in [5, 5.41) is 12.3. The molecule has 0 spiro atoms. The first-order chi connectivity index (χ1) is 13.0. The molecule has 27 heavy (non-hydrogen) atoms. The molecule has 2 atom stereocenters. The van der Waals surface area contributed by atoms with E-state index in [0.717, 1.165) is 4.88 Å². The first-order valence-electron chi connectivity index (χ1n) is 8.47. The zero-order valence-electron chi connectivity index (χ0n) is 15.0. The van der Waals surface area contributed by atoms with Crippen LogP contribution in [0.4, 0.5) is 0 Å². The Kier molecular flexibility index (Phi) is 6.04. The molecule has 1 aromatic carbocycles. The van der Waals surface area contributed by atoms with E-state index in [0.29, 0.717) is 21.9 Å². The van der Waals surface area contributed by atoms with Crippen LogP contribution in [0.15, 0.2) is 63.4 Å². The van der Waals surface area contributed by atoms with Crippen LogP contribution in [0.2, 0.25) is 0 Å². The predicted octanol–water partition coefficient (Wildman–Crippen LogP) is 4.86. The fraction of sp³-hybridized carbons (Fsp3) is 0.238. The van der Waals surface area contributed by atoms with Gasteiger partial charge in [-0.15, -0.1) is 11.3 Å². The first kappa shape index (κ1) is 19.3. The van der Waals surface area contributed by atoms with Crippen LogP contribution in [0.5, 0.6) is 0 Å². The molecule has 1 aliphatic heterocycles. The lowest BCUT2D eigenvalue weighted by molar-refractivity contribution is -0.119. The summed E-state index contributed by atoms with van der Waals surface area (Å²) in [6.07, 6.45) is 0. The Morgan fingerprint density at radius 1 is 1.22 bits per heavy atom. The number of carbonyl (C=O) groups excluding carboxylic acids is 2. The summed E-state index contributed by atoms with van der Waals surface area (Å²) in [7, 11) is 0. The first-order valence-corrected chi connectivity index (χ1v) is 10.3. The van der Waals surface area contributed by atoms with E-state index < -0.39 is 5.92 Å². The number of ketones is 2. The van der Waals surface area contributed by atoms with Gasteiger partial charge in [-0.1, -0.05) is 48.2 Å². The van der Waals surface area contributed by atoms with E-state index in [-0.39, 0.29) is 23.2 Å². The van der Waals surface area contributed by atoms with Crippen LogP contribution in [-0.2, 0) is 4.79 Å². The summed E-state index contributed by atoms with van der Waals surface area (Å²) in [6, 6.07) is 15.2. The molecule has 0 saturated carbocycles. The van der Waals surface area contributed by atoms with Crippen LogP contribution < -0.4 is 0 Å². The van der Waals surface area contributed by atoms with E-state index in [9.17, 15) is 14.9 Å². The number of aliphatic imine (C=N–C) groups is 1. The quantitative estimate of drug-likeness (QED) is 0.656. The minimum Gasteiger partial charge on any atom is -0.299 e. The van der Waals surface area contributed by atoms with Gasteiger partial charge in [0.05, 0.1) is 23.3 Å². The Hall–Kier alpha value is -2.49. The second-order valence-electron chi connectivity index (χ2n) is 6.24. The van der Waals surface area contributed by atoms with Gasteiger partial charge in [-0.3, -0.25) is 9.59 Å². The number of hydrogen-bond donors (Lipinski definition) is 0. The number of thioether (sulfide) groups is 1. The van der Waals surface area contributed by atoms with Crippen LogP contribution in [0, 0.1) is 17.2 Å². The van der Waals surface area contributed by atoms with Gasteiger partial charge in [-0.05, 0) is 25.3 Å². The van der Waals surface area contributed by atoms with Gasteiger partial charge in [0.1, 0.15) is 10.8 Å². The molecule has 1 aromatic heterocycles. The van der Waals surface area contributed by atoms with Crippen molar-refractivity contribution in [1.82, 2.24) is 0 Å². The Labute approximate surface area is 166 Å². The van der Waals surface area contributed by atoms with Crippen molar-refractivity contribution in [3.05, 3.63) is 68.9 Å². The SMILES string of the molecule is CC(=O)C1C(C)=NC(SCC(=O)c2ccccc2)=C(C#N)[C@@H]1c1cccs1. The second kappa shape index (κ2) is 8.47. The number of nitrogens with zero attached hydrogens (tertiary/aromatic N) is 2. The fourth-order valence-corrected chi connectivity index (χ4v) is 5.05. The zero-order valence-corrected chi connectivity index (χ0v) is 16.6. The largest absolute Gasteiger partial charge is 0.299 e. The molecule has 2 heterocycles. The van der Waals surface area contributed by atoms with Gasteiger partial charge in [0.2, 0.25) is 0 Å². The number of hydrogen-bond acceptors (Lipinski definition) is 6. The minimum atomic E-state index is -0.438. The molecule has 136 valence electrons. The van der Waals surface area contributed by atoms with Gasteiger partial charge < -0.3 is 0 Å². The summed E-state index contributed by atoms with van der Waals surface area (Å²) in [5.41, 5.74) is 1.79. The highest BCUT2D eigenvalue weighted by Crippen LogP contribution is 2.43. The van der Waals surface area contributed by atoms with Crippen molar-refractivity contribution >= 4 is 40.4 Å². The lowest BCUT2D eigenvalue weighted by atomic mass is 9.79. The van der Waals surface area contributed by atoms with Gasteiger partial charge in [0, 0.05) is 22.1 Å². The topological polar surface area (TPSA) is 70.3 Å². The van der Waals surface area contributed by atoms with Gasteiger partial charge in [0.25, 0.3) is 0 Å². The summed E-state index contributed by atoms with van der Waals surface area (Å²) in [6.45, 7) is 3.36. The molecule has 0 saturated heterocycles. The Balaban J connectivity index is 1.93. The van der Waals surface area contributed by atoms with E-state index in [1.807, 2.05) is 42.6 Å². The van der Waals surface area contributed by atoms with Crippen LogP contribution in [-0.4, -0.2) is 23.0 Å². The average Bonchev–Trinajstić information content (AvgIpc) is 3.20. The van der Waals surface area contributed by atoms with Gasteiger partial charge in [-0.2, -0.15) is 5.26 Å². The average molecular weight is 395 g/mol. The van der Waals surface area contributed by atoms with Crippen molar-refractivity contribution in [3.63, 3.8) is 0 Å². The maximum Gasteiger partial charge on any atom is 0.173 e. The highest BCUT2D eigenvalue weighted by molar-refractivity contribution is 8.03. The van der Waals surface area contributed by atoms with Crippen molar-refractivity contribution in [2.45, 2.75) is 19.8 Å². The molecule has 1 unspecified atom stereocenters. The normalized spacial score (nSPS) is 19.4. The van der Waals surface area contributed by atoms with E-state index in [1.165, 1.54) is 30.0 Å². The molecule has 0 aliphatic carbocycles. The zero-order chi connectivity index (χ0) is 19.4. The number of Topliss-reactive ketones (excluding diaryl/α,β-unsaturated/α-hetero) is 2. The van der Waals surface area contributed by atoms with Crippen molar-refractivity contribution in [1.29, 1.82) is 5.26 Å². The third-order valence-corrected chi connectivity index (χ3v) is 6.39. The minimum absolute atomic E-state index is 0.00758.